The van der Waals surface area contributed by atoms with Gasteiger partial charge in [0.1, 0.15) is 0 Å². The molecule has 2 heterocycles. The maximum Gasteiger partial charge on any atom is 0.0482 e. The normalized spacial score (nSPS) is 27.4. The molecule has 1 saturated heterocycles. The number of aromatic nitrogens is 1. The van der Waals surface area contributed by atoms with Crippen LogP contribution in [0.3, 0.4) is 0 Å². The van der Waals surface area contributed by atoms with Crippen LogP contribution in [0.2, 0.25) is 0 Å². The number of thioether (sulfide) groups is 1. The lowest BCUT2D eigenvalue weighted by molar-refractivity contribution is 0.324. The highest BCUT2D eigenvalue weighted by molar-refractivity contribution is 7.99. The van der Waals surface area contributed by atoms with Gasteiger partial charge in [0.25, 0.3) is 0 Å². The van der Waals surface area contributed by atoms with E-state index in [-0.39, 0.29) is 0 Å². The molecule has 2 nitrogen and oxygen atoms in total. The molecular weight excluding hydrogens is 252 g/mol. The summed E-state index contributed by atoms with van der Waals surface area (Å²) < 4.78 is 0. The molecule has 1 aliphatic carbocycles. The van der Waals surface area contributed by atoms with Crippen molar-refractivity contribution in [3.05, 3.63) is 29.6 Å². The molecule has 19 heavy (non-hydrogen) atoms. The first-order valence-electron chi connectivity index (χ1n) is 7.65. The van der Waals surface area contributed by atoms with Crippen molar-refractivity contribution in [3.63, 3.8) is 0 Å². The summed E-state index contributed by atoms with van der Waals surface area (Å²) in [6.07, 6.45) is 7.08. The van der Waals surface area contributed by atoms with Crippen LogP contribution in [0, 0.1) is 5.92 Å². The molecule has 1 aliphatic heterocycles. The van der Waals surface area contributed by atoms with Gasteiger partial charge in [0.2, 0.25) is 0 Å². The summed E-state index contributed by atoms with van der Waals surface area (Å²) in [5, 5.41) is 3.84. The lowest BCUT2D eigenvalue weighted by atomic mass is 9.86. The third-order valence-corrected chi connectivity index (χ3v) is 5.73. The summed E-state index contributed by atoms with van der Waals surface area (Å²) in [6.45, 7) is 3.40. The van der Waals surface area contributed by atoms with Crippen molar-refractivity contribution in [2.24, 2.45) is 5.92 Å². The van der Waals surface area contributed by atoms with Crippen molar-refractivity contribution >= 4 is 11.8 Å². The molecule has 3 rings (SSSR count). The molecule has 3 atom stereocenters. The van der Waals surface area contributed by atoms with E-state index in [0.717, 1.165) is 12.5 Å². The molecule has 0 saturated carbocycles. The van der Waals surface area contributed by atoms with E-state index in [2.05, 4.69) is 36.1 Å². The molecule has 1 N–H and O–H groups in total. The summed E-state index contributed by atoms with van der Waals surface area (Å²) in [5.41, 5.74) is 2.87. The Bertz CT molecular complexity index is 415. The Morgan fingerprint density at radius 2 is 2.42 bits per heavy atom. The molecule has 1 aromatic rings. The summed E-state index contributed by atoms with van der Waals surface area (Å²) in [6, 6.07) is 5.00. The Morgan fingerprint density at radius 1 is 1.47 bits per heavy atom. The van der Waals surface area contributed by atoms with Gasteiger partial charge in [0.15, 0.2) is 0 Å². The van der Waals surface area contributed by atoms with Gasteiger partial charge in [-0.25, -0.2) is 0 Å². The summed E-state index contributed by atoms with van der Waals surface area (Å²) in [5.74, 6) is 4.16. The number of fused-ring (bicyclic) bond motifs is 1. The first-order valence-corrected chi connectivity index (χ1v) is 8.80. The Morgan fingerprint density at radius 3 is 3.21 bits per heavy atom. The Labute approximate surface area is 120 Å². The van der Waals surface area contributed by atoms with E-state index >= 15 is 0 Å². The highest BCUT2D eigenvalue weighted by Crippen LogP contribution is 2.39. The van der Waals surface area contributed by atoms with Crippen LogP contribution < -0.4 is 5.32 Å². The van der Waals surface area contributed by atoms with Gasteiger partial charge < -0.3 is 5.32 Å². The summed E-state index contributed by atoms with van der Waals surface area (Å²) in [7, 11) is 0. The number of hydrogen-bond acceptors (Lipinski definition) is 3. The topological polar surface area (TPSA) is 24.9 Å². The standard InChI is InChI=1S/C16H24N2S/c1-2-8-17-16(13-7-10-19-11-13)14-6-5-12-4-3-9-18-15(12)14/h3-4,9,13-14,16-17H,2,5-8,10-11H2,1H3. The van der Waals surface area contributed by atoms with E-state index in [4.69, 9.17) is 4.98 Å². The molecule has 1 fully saturated rings. The van der Waals surface area contributed by atoms with Crippen molar-refractivity contribution in [1.29, 1.82) is 0 Å². The lowest BCUT2D eigenvalue weighted by Gasteiger charge is -2.30. The maximum atomic E-state index is 4.69. The predicted octanol–water partition coefficient (Wildman–Crippen LogP) is 3.23. The van der Waals surface area contributed by atoms with Gasteiger partial charge in [-0.05, 0) is 61.3 Å². The van der Waals surface area contributed by atoms with E-state index < -0.39 is 0 Å². The Kier molecular flexibility index (Phi) is 4.44. The Balaban J connectivity index is 1.79. The van der Waals surface area contributed by atoms with E-state index in [1.807, 2.05) is 6.20 Å². The molecule has 0 spiro atoms. The molecule has 1 aromatic heterocycles. The minimum atomic E-state index is 0.645. The number of aryl methyl sites for hydroxylation is 1. The molecule has 0 bridgehead atoms. The number of nitrogens with one attached hydrogen (secondary N) is 1. The van der Waals surface area contributed by atoms with Crippen molar-refractivity contribution in [2.45, 2.75) is 44.6 Å². The lowest BCUT2D eigenvalue weighted by Crippen LogP contribution is -2.41. The average Bonchev–Trinajstić information content (AvgIpc) is 3.09. The fraction of sp³-hybridized carbons (Fsp3) is 0.688. The molecule has 3 unspecified atom stereocenters. The number of nitrogens with zero attached hydrogens (tertiary/aromatic N) is 1. The highest BCUT2D eigenvalue weighted by atomic mass is 32.2. The molecule has 0 radical (unpaired) electrons. The number of rotatable bonds is 5. The van der Waals surface area contributed by atoms with Crippen LogP contribution in [0.5, 0.6) is 0 Å². The van der Waals surface area contributed by atoms with Gasteiger partial charge in [-0.15, -0.1) is 0 Å². The van der Waals surface area contributed by atoms with Gasteiger partial charge >= 0.3 is 0 Å². The van der Waals surface area contributed by atoms with Crippen LogP contribution in [0.15, 0.2) is 18.3 Å². The monoisotopic (exact) mass is 276 g/mol. The van der Waals surface area contributed by atoms with Crippen LogP contribution in [0.25, 0.3) is 0 Å². The van der Waals surface area contributed by atoms with Crippen LogP contribution in [0.4, 0.5) is 0 Å². The largest absolute Gasteiger partial charge is 0.313 e. The molecule has 0 amide bonds. The third kappa shape index (κ3) is 2.82. The predicted molar refractivity (Wildman–Crippen MR) is 82.8 cm³/mol. The summed E-state index contributed by atoms with van der Waals surface area (Å²) in [4.78, 5) is 4.69. The van der Waals surface area contributed by atoms with E-state index in [0.29, 0.717) is 12.0 Å². The van der Waals surface area contributed by atoms with Gasteiger partial charge in [0.05, 0.1) is 0 Å². The first-order chi connectivity index (χ1) is 9.40. The zero-order chi connectivity index (χ0) is 13.1. The zero-order valence-electron chi connectivity index (χ0n) is 11.8. The molecular formula is C16H24N2S. The highest BCUT2D eigenvalue weighted by Gasteiger charge is 2.36. The number of hydrogen-bond donors (Lipinski definition) is 1. The van der Waals surface area contributed by atoms with Crippen LogP contribution in [-0.2, 0) is 6.42 Å². The SMILES string of the molecule is CCCNC(C1CCSC1)C1CCc2cccnc21. The van der Waals surface area contributed by atoms with E-state index in [9.17, 15) is 0 Å². The second-order valence-corrected chi connectivity index (χ2v) is 6.95. The average molecular weight is 276 g/mol. The smallest absolute Gasteiger partial charge is 0.0482 e. The van der Waals surface area contributed by atoms with Crippen LogP contribution in [0.1, 0.15) is 43.4 Å². The van der Waals surface area contributed by atoms with E-state index in [1.54, 1.807) is 0 Å². The van der Waals surface area contributed by atoms with Crippen LogP contribution >= 0.6 is 11.8 Å². The zero-order valence-corrected chi connectivity index (χ0v) is 12.6. The molecule has 104 valence electrons. The quantitative estimate of drug-likeness (QED) is 0.894. The van der Waals surface area contributed by atoms with E-state index in [1.165, 1.54) is 48.4 Å². The minimum absolute atomic E-state index is 0.645. The number of pyridine rings is 1. The Hall–Kier alpha value is -0.540. The minimum Gasteiger partial charge on any atom is -0.313 e. The first kappa shape index (κ1) is 13.4. The third-order valence-electron chi connectivity index (χ3n) is 4.54. The second-order valence-electron chi connectivity index (χ2n) is 5.80. The second kappa shape index (κ2) is 6.27. The van der Waals surface area contributed by atoms with Crippen molar-refractivity contribution in [1.82, 2.24) is 10.3 Å². The van der Waals surface area contributed by atoms with Crippen molar-refractivity contribution in [3.8, 4) is 0 Å². The fourth-order valence-corrected chi connectivity index (χ4v) is 4.89. The van der Waals surface area contributed by atoms with Gasteiger partial charge in [-0.3, -0.25) is 4.98 Å². The van der Waals surface area contributed by atoms with Crippen molar-refractivity contribution < 1.29 is 0 Å². The summed E-state index contributed by atoms with van der Waals surface area (Å²) >= 11 is 2.12. The van der Waals surface area contributed by atoms with Crippen molar-refractivity contribution in [2.75, 3.05) is 18.1 Å². The van der Waals surface area contributed by atoms with Gasteiger partial charge in [-0.1, -0.05) is 13.0 Å². The molecule has 0 aromatic carbocycles. The fourth-order valence-electron chi connectivity index (χ4n) is 3.58. The molecule has 3 heteroatoms. The maximum absolute atomic E-state index is 4.69. The molecule has 2 aliphatic rings. The van der Waals surface area contributed by atoms with Crippen LogP contribution in [-0.4, -0.2) is 29.1 Å². The van der Waals surface area contributed by atoms with Gasteiger partial charge in [-0.2, -0.15) is 11.8 Å². The van der Waals surface area contributed by atoms with Gasteiger partial charge in [0, 0.05) is 23.9 Å².